The van der Waals surface area contributed by atoms with Gasteiger partial charge in [-0.05, 0) is 33.7 Å². The maximum absolute atomic E-state index is 10.4. The highest BCUT2D eigenvalue weighted by molar-refractivity contribution is 6.30. The third kappa shape index (κ3) is 3.18. The van der Waals surface area contributed by atoms with Crippen molar-refractivity contribution in [2.75, 3.05) is 5.32 Å². The summed E-state index contributed by atoms with van der Waals surface area (Å²) in [7, 11) is 0. The van der Waals surface area contributed by atoms with Crippen LogP contribution in [0.3, 0.4) is 0 Å². The Morgan fingerprint density at radius 1 is 1.33 bits per heavy atom. The van der Waals surface area contributed by atoms with E-state index in [1.165, 1.54) is 12.3 Å². The van der Waals surface area contributed by atoms with Crippen molar-refractivity contribution in [2.45, 2.75) is 6.54 Å². The lowest BCUT2D eigenvalue weighted by Gasteiger charge is -2.05. The Bertz CT molecular complexity index is 558. The molecule has 92 valence electrons. The molecular formula is C12H10ClN3O2. The lowest BCUT2D eigenvalue weighted by atomic mass is 10.2. The topological polar surface area (TPSA) is 68.1 Å². The van der Waals surface area contributed by atoms with E-state index in [0.29, 0.717) is 11.6 Å². The molecule has 18 heavy (non-hydrogen) atoms. The number of rotatable bonds is 4. The van der Waals surface area contributed by atoms with Crippen LogP contribution in [0.5, 0.6) is 0 Å². The van der Waals surface area contributed by atoms with Crippen LogP contribution in [0.1, 0.15) is 5.56 Å². The van der Waals surface area contributed by atoms with Crippen molar-refractivity contribution < 1.29 is 4.92 Å². The number of aromatic nitrogens is 1. The van der Waals surface area contributed by atoms with Gasteiger partial charge in [0.05, 0.1) is 5.69 Å². The third-order valence-electron chi connectivity index (χ3n) is 2.32. The minimum atomic E-state index is -0.527. The van der Waals surface area contributed by atoms with Crippen molar-refractivity contribution in [3.8, 4) is 0 Å². The zero-order valence-corrected chi connectivity index (χ0v) is 10.1. The van der Waals surface area contributed by atoms with Crippen LogP contribution >= 0.6 is 11.6 Å². The molecule has 0 amide bonds. The van der Waals surface area contributed by atoms with Crippen LogP contribution < -0.4 is 5.32 Å². The first kappa shape index (κ1) is 12.3. The smallest absolute Gasteiger partial charge is 0.363 e. The molecule has 0 bridgehead atoms. The summed E-state index contributed by atoms with van der Waals surface area (Å²) < 4.78 is 0. The molecule has 0 radical (unpaired) electrons. The predicted molar refractivity (Wildman–Crippen MR) is 69.7 cm³/mol. The first-order valence-corrected chi connectivity index (χ1v) is 5.62. The van der Waals surface area contributed by atoms with E-state index in [2.05, 4.69) is 10.3 Å². The Morgan fingerprint density at radius 3 is 2.78 bits per heavy atom. The van der Waals surface area contributed by atoms with E-state index in [0.717, 1.165) is 11.3 Å². The van der Waals surface area contributed by atoms with E-state index in [4.69, 9.17) is 11.6 Å². The number of halogens is 1. The molecule has 1 aromatic carbocycles. The molecule has 0 atom stereocenters. The van der Waals surface area contributed by atoms with Crippen molar-refractivity contribution in [3.05, 3.63) is 63.3 Å². The van der Waals surface area contributed by atoms with Crippen LogP contribution in [0, 0.1) is 10.1 Å². The molecule has 1 aromatic heterocycles. The average Bonchev–Trinajstić information content (AvgIpc) is 2.37. The summed E-state index contributed by atoms with van der Waals surface area (Å²) in [5.41, 5.74) is 1.75. The van der Waals surface area contributed by atoms with Crippen molar-refractivity contribution >= 4 is 23.1 Å². The Morgan fingerprint density at radius 2 is 2.17 bits per heavy atom. The minimum absolute atomic E-state index is 0.164. The first-order chi connectivity index (χ1) is 8.65. The highest BCUT2D eigenvalue weighted by atomic mass is 35.5. The standard InChI is InChI=1S/C12H10ClN3O2/c13-10-3-1-2-9(6-10)7-14-11-4-5-12(15-8-11)16(17)18/h1-6,8,14H,7H2. The maximum Gasteiger partial charge on any atom is 0.363 e. The van der Waals surface area contributed by atoms with Crippen molar-refractivity contribution in [1.82, 2.24) is 4.98 Å². The van der Waals surface area contributed by atoms with E-state index in [1.807, 2.05) is 18.2 Å². The highest BCUT2D eigenvalue weighted by Crippen LogP contribution is 2.14. The van der Waals surface area contributed by atoms with Crippen LogP contribution in [-0.4, -0.2) is 9.91 Å². The molecule has 0 spiro atoms. The van der Waals surface area contributed by atoms with Crippen LogP contribution in [-0.2, 0) is 6.54 Å². The summed E-state index contributed by atoms with van der Waals surface area (Å²) >= 11 is 5.87. The van der Waals surface area contributed by atoms with E-state index in [-0.39, 0.29) is 5.82 Å². The fraction of sp³-hybridized carbons (Fsp3) is 0.0833. The summed E-state index contributed by atoms with van der Waals surface area (Å²) in [5, 5.41) is 14.2. The Kier molecular flexibility index (Phi) is 3.74. The zero-order valence-electron chi connectivity index (χ0n) is 9.34. The third-order valence-corrected chi connectivity index (χ3v) is 2.56. The SMILES string of the molecule is O=[N+]([O-])c1ccc(NCc2cccc(Cl)c2)cn1. The molecule has 0 saturated carbocycles. The van der Waals surface area contributed by atoms with Gasteiger partial charge < -0.3 is 15.4 Å². The predicted octanol–water partition coefficient (Wildman–Crippen LogP) is 3.26. The molecule has 0 aliphatic rings. The number of hydrogen-bond acceptors (Lipinski definition) is 4. The van der Waals surface area contributed by atoms with Gasteiger partial charge in [0, 0.05) is 17.6 Å². The number of nitrogens with zero attached hydrogens (tertiary/aromatic N) is 2. The van der Waals surface area contributed by atoms with Gasteiger partial charge in [-0.3, -0.25) is 0 Å². The van der Waals surface area contributed by atoms with Crippen molar-refractivity contribution in [2.24, 2.45) is 0 Å². The molecule has 0 fully saturated rings. The second kappa shape index (κ2) is 5.46. The molecule has 1 N–H and O–H groups in total. The number of nitrogens with one attached hydrogen (secondary N) is 1. The lowest BCUT2D eigenvalue weighted by Crippen LogP contribution is -2.00. The Hall–Kier alpha value is -2.14. The van der Waals surface area contributed by atoms with E-state index >= 15 is 0 Å². The number of anilines is 1. The van der Waals surface area contributed by atoms with Crippen LogP contribution in [0.4, 0.5) is 11.5 Å². The zero-order chi connectivity index (χ0) is 13.0. The largest absolute Gasteiger partial charge is 0.378 e. The number of pyridine rings is 1. The molecular weight excluding hydrogens is 254 g/mol. The fourth-order valence-corrected chi connectivity index (χ4v) is 1.66. The van der Waals surface area contributed by atoms with Gasteiger partial charge in [-0.25, -0.2) is 0 Å². The molecule has 1 heterocycles. The Labute approximate surface area is 109 Å². The highest BCUT2D eigenvalue weighted by Gasteiger charge is 2.05. The minimum Gasteiger partial charge on any atom is -0.378 e. The van der Waals surface area contributed by atoms with Gasteiger partial charge in [0.25, 0.3) is 0 Å². The summed E-state index contributed by atoms with van der Waals surface area (Å²) in [5.74, 6) is -0.164. The van der Waals surface area contributed by atoms with E-state index < -0.39 is 4.92 Å². The molecule has 5 nitrogen and oxygen atoms in total. The van der Waals surface area contributed by atoms with Gasteiger partial charge in [0.2, 0.25) is 0 Å². The first-order valence-electron chi connectivity index (χ1n) is 5.24. The number of benzene rings is 1. The van der Waals surface area contributed by atoms with Crippen molar-refractivity contribution in [3.63, 3.8) is 0 Å². The van der Waals surface area contributed by atoms with Crippen molar-refractivity contribution in [1.29, 1.82) is 0 Å². The van der Waals surface area contributed by atoms with Crippen LogP contribution in [0.25, 0.3) is 0 Å². The molecule has 2 aromatic rings. The second-order valence-corrected chi connectivity index (χ2v) is 4.08. The van der Waals surface area contributed by atoms with Gasteiger partial charge in [0.15, 0.2) is 6.20 Å². The summed E-state index contributed by atoms with van der Waals surface area (Å²) in [6.45, 7) is 0.583. The molecule has 0 saturated heterocycles. The molecule has 0 unspecified atom stereocenters. The lowest BCUT2D eigenvalue weighted by molar-refractivity contribution is -0.389. The van der Waals surface area contributed by atoms with Crippen LogP contribution in [0.15, 0.2) is 42.6 Å². The number of hydrogen-bond donors (Lipinski definition) is 1. The Balaban J connectivity index is 2.00. The maximum atomic E-state index is 10.4. The quantitative estimate of drug-likeness (QED) is 0.679. The summed E-state index contributed by atoms with van der Waals surface area (Å²) in [4.78, 5) is 13.6. The second-order valence-electron chi connectivity index (χ2n) is 3.65. The van der Waals surface area contributed by atoms with Gasteiger partial charge in [-0.2, -0.15) is 0 Å². The van der Waals surface area contributed by atoms with E-state index in [1.54, 1.807) is 12.1 Å². The van der Waals surface area contributed by atoms with Gasteiger partial charge in [0.1, 0.15) is 0 Å². The monoisotopic (exact) mass is 263 g/mol. The normalized spacial score (nSPS) is 10.1. The van der Waals surface area contributed by atoms with Gasteiger partial charge in [-0.1, -0.05) is 23.7 Å². The summed E-state index contributed by atoms with van der Waals surface area (Å²) in [6.07, 6.45) is 1.43. The van der Waals surface area contributed by atoms with Gasteiger partial charge in [-0.15, -0.1) is 0 Å². The van der Waals surface area contributed by atoms with E-state index in [9.17, 15) is 10.1 Å². The molecule has 0 aliphatic carbocycles. The molecule has 0 aliphatic heterocycles. The fourth-order valence-electron chi connectivity index (χ4n) is 1.45. The van der Waals surface area contributed by atoms with Gasteiger partial charge >= 0.3 is 5.82 Å². The average molecular weight is 264 g/mol. The summed E-state index contributed by atoms with van der Waals surface area (Å²) in [6, 6.07) is 10.5. The van der Waals surface area contributed by atoms with Crippen LogP contribution in [0.2, 0.25) is 5.02 Å². The number of nitro groups is 1. The molecule has 6 heteroatoms. The molecule has 2 rings (SSSR count).